The predicted octanol–water partition coefficient (Wildman–Crippen LogP) is 3.54. The number of fused-ring (bicyclic) bond motifs is 3. The second-order valence-electron chi connectivity index (χ2n) is 4.93. The number of aromatic nitrogens is 4. The van der Waals surface area contributed by atoms with E-state index in [1.54, 1.807) is 17.6 Å². The van der Waals surface area contributed by atoms with E-state index in [0.29, 0.717) is 28.2 Å². The number of anilines is 1. The van der Waals surface area contributed by atoms with Gasteiger partial charge in [0.05, 0.1) is 5.52 Å². The molecule has 0 spiro atoms. The van der Waals surface area contributed by atoms with Crippen LogP contribution in [0.4, 0.5) is 5.95 Å². The van der Waals surface area contributed by atoms with Crippen molar-refractivity contribution in [2.45, 2.75) is 6.92 Å². The maximum absolute atomic E-state index is 6.10. The van der Waals surface area contributed by atoms with Crippen LogP contribution >= 0.6 is 11.6 Å². The first-order valence-electron chi connectivity index (χ1n) is 6.76. The summed E-state index contributed by atoms with van der Waals surface area (Å²) in [6.07, 6.45) is 0. The van der Waals surface area contributed by atoms with Gasteiger partial charge in [-0.1, -0.05) is 11.6 Å². The zero-order valence-corrected chi connectivity index (χ0v) is 12.7. The number of hydrogen-bond donors (Lipinski definition) is 1. The lowest BCUT2D eigenvalue weighted by atomic mass is 10.2. The van der Waals surface area contributed by atoms with Gasteiger partial charge in [-0.05, 0) is 37.3 Å². The van der Waals surface area contributed by atoms with Crippen LogP contribution in [-0.4, -0.2) is 26.6 Å². The molecule has 4 aromatic rings. The molecule has 0 saturated carbocycles. The SMILES string of the molecule is CNc1nc2ccc(Cl)cc2c2nc(-c3ccc(C)o3)nn12. The quantitative estimate of drug-likeness (QED) is 0.613. The maximum atomic E-state index is 6.10. The van der Waals surface area contributed by atoms with Gasteiger partial charge in [-0.2, -0.15) is 4.52 Å². The molecule has 0 saturated heterocycles. The van der Waals surface area contributed by atoms with E-state index >= 15 is 0 Å². The number of aryl methyl sites for hydroxylation is 1. The Bertz CT molecular complexity index is 1000. The summed E-state index contributed by atoms with van der Waals surface area (Å²) in [7, 11) is 1.79. The highest BCUT2D eigenvalue weighted by atomic mass is 35.5. The maximum Gasteiger partial charge on any atom is 0.226 e. The fraction of sp³-hybridized carbons (Fsp3) is 0.133. The van der Waals surface area contributed by atoms with Crippen molar-refractivity contribution in [1.29, 1.82) is 0 Å². The number of halogens is 1. The van der Waals surface area contributed by atoms with Gasteiger partial charge in [0.25, 0.3) is 0 Å². The van der Waals surface area contributed by atoms with Gasteiger partial charge >= 0.3 is 0 Å². The summed E-state index contributed by atoms with van der Waals surface area (Å²) in [5.74, 6) is 2.55. The Hall–Kier alpha value is -2.60. The molecule has 0 bridgehead atoms. The second-order valence-corrected chi connectivity index (χ2v) is 5.36. The third-order valence-electron chi connectivity index (χ3n) is 3.42. The molecule has 3 aromatic heterocycles. The van der Waals surface area contributed by atoms with Crippen LogP contribution in [-0.2, 0) is 0 Å². The molecule has 110 valence electrons. The number of nitrogens with one attached hydrogen (secondary N) is 1. The first-order chi connectivity index (χ1) is 10.7. The molecule has 3 heterocycles. The lowest BCUT2D eigenvalue weighted by Gasteiger charge is -2.05. The first-order valence-corrected chi connectivity index (χ1v) is 7.14. The van der Waals surface area contributed by atoms with Gasteiger partial charge in [0.15, 0.2) is 11.4 Å². The van der Waals surface area contributed by atoms with E-state index in [2.05, 4.69) is 20.4 Å². The van der Waals surface area contributed by atoms with E-state index in [9.17, 15) is 0 Å². The van der Waals surface area contributed by atoms with E-state index in [1.165, 1.54) is 0 Å². The molecule has 4 rings (SSSR count). The topological polar surface area (TPSA) is 68.2 Å². The fourth-order valence-corrected chi connectivity index (χ4v) is 2.57. The summed E-state index contributed by atoms with van der Waals surface area (Å²) >= 11 is 6.10. The lowest BCUT2D eigenvalue weighted by molar-refractivity contribution is 0.544. The Morgan fingerprint density at radius 3 is 2.77 bits per heavy atom. The van der Waals surface area contributed by atoms with Crippen LogP contribution in [0.25, 0.3) is 28.1 Å². The average Bonchev–Trinajstić information content (AvgIpc) is 3.13. The van der Waals surface area contributed by atoms with Crippen LogP contribution in [0.2, 0.25) is 5.02 Å². The van der Waals surface area contributed by atoms with E-state index < -0.39 is 0 Å². The molecule has 0 aliphatic carbocycles. The molecular weight excluding hydrogens is 302 g/mol. The Balaban J connectivity index is 2.08. The number of hydrogen-bond acceptors (Lipinski definition) is 5. The Kier molecular flexibility index (Phi) is 2.80. The van der Waals surface area contributed by atoms with Gasteiger partial charge in [0.1, 0.15) is 5.76 Å². The molecule has 1 N–H and O–H groups in total. The first kappa shape index (κ1) is 13.1. The van der Waals surface area contributed by atoms with Crippen molar-refractivity contribution < 1.29 is 4.42 Å². The Morgan fingerprint density at radius 1 is 1.18 bits per heavy atom. The van der Waals surface area contributed by atoms with Crippen LogP contribution in [0.1, 0.15) is 5.76 Å². The smallest absolute Gasteiger partial charge is 0.226 e. The molecule has 0 aliphatic rings. The number of furan rings is 1. The molecule has 7 heteroatoms. The van der Waals surface area contributed by atoms with Crippen molar-refractivity contribution in [1.82, 2.24) is 19.6 Å². The van der Waals surface area contributed by atoms with Crippen molar-refractivity contribution >= 4 is 34.1 Å². The van der Waals surface area contributed by atoms with E-state index in [1.807, 2.05) is 31.2 Å². The molecule has 0 amide bonds. The number of benzene rings is 1. The molecule has 0 radical (unpaired) electrons. The van der Waals surface area contributed by atoms with Crippen molar-refractivity contribution in [3.8, 4) is 11.6 Å². The molecule has 22 heavy (non-hydrogen) atoms. The normalized spacial score (nSPS) is 11.4. The van der Waals surface area contributed by atoms with Crippen LogP contribution in [0.15, 0.2) is 34.7 Å². The standard InChI is InChI=1S/C15H12ClN5O/c1-8-3-6-12(22-8)13-19-14-10-7-9(16)4-5-11(10)18-15(17-2)21(14)20-13/h3-7H,1-2H3,(H,17,18). The third-order valence-corrected chi connectivity index (χ3v) is 3.65. The number of nitrogens with zero attached hydrogens (tertiary/aromatic N) is 4. The van der Waals surface area contributed by atoms with Crippen molar-refractivity contribution in [3.63, 3.8) is 0 Å². The highest BCUT2D eigenvalue weighted by Gasteiger charge is 2.15. The summed E-state index contributed by atoms with van der Waals surface area (Å²) in [5.41, 5.74) is 1.48. The minimum Gasteiger partial charge on any atom is -0.458 e. The van der Waals surface area contributed by atoms with E-state index in [-0.39, 0.29) is 0 Å². The van der Waals surface area contributed by atoms with Crippen LogP contribution in [0.5, 0.6) is 0 Å². The van der Waals surface area contributed by atoms with E-state index in [0.717, 1.165) is 16.7 Å². The zero-order valence-electron chi connectivity index (χ0n) is 12.0. The monoisotopic (exact) mass is 313 g/mol. The highest BCUT2D eigenvalue weighted by Crippen LogP contribution is 2.26. The van der Waals surface area contributed by atoms with Gasteiger partial charge in [-0.15, -0.1) is 5.10 Å². The van der Waals surface area contributed by atoms with Crippen LogP contribution in [0.3, 0.4) is 0 Å². The summed E-state index contributed by atoms with van der Waals surface area (Å²) < 4.78 is 7.26. The highest BCUT2D eigenvalue weighted by molar-refractivity contribution is 6.31. The minimum absolute atomic E-state index is 0.513. The van der Waals surface area contributed by atoms with Gasteiger partial charge in [0, 0.05) is 17.5 Å². The molecule has 0 unspecified atom stereocenters. The molecular formula is C15H12ClN5O. The summed E-state index contributed by atoms with van der Waals surface area (Å²) in [5, 5.41) is 9.00. The molecule has 0 aliphatic heterocycles. The number of rotatable bonds is 2. The molecule has 0 atom stereocenters. The minimum atomic E-state index is 0.513. The lowest BCUT2D eigenvalue weighted by Crippen LogP contribution is -2.03. The Morgan fingerprint density at radius 2 is 2.05 bits per heavy atom. The van der Waals surface area contributed by atoms with Crippen molar-refractivity contribution in [2.24, 2.45) is 0 Å². The summed E-state index contributed by atoms with van der Waals surface area (Å²) in [4.78, 5) is 9.13. The Labute approximate surface area is 130 Å². The van der Waals surface area contributed by atoms with E-state index in [4.69, 9.17) is 16.0 Å². The fourth-order valence-electron chi connectivity index (χ4n) is 2.40. The zero-order chi connectivity index (χ0) is 15.3. The molecule has 0 fully saturated rings. The van der Waals surface area contributed by atoms with Gasteiger partial charge in [0.2, 0.25) is 11.8 Å². The van der Waals surface area contributed by atoms with Gasteiger partial charge in [-0.3, -0.25) is 0 Å². The van der Waals surface area contributed by atoms with Gasteiger partial charge < -0.3 is 9.73 Å². The predicted molar refractivity (Wildman–Crippen MR) is 85.3 cm³/mol. The van der Waals surface area contributed by atoms with Crippen LogP contribution < -0.4 is 5.32 Å². The molecule has 6 nitrogen and oxygen atoms in total. The molecule has 1 aromatic carbocycles. The van der Waals surface area contributed by atoms with Crippen molar-refractivity contribution in [2.75, 3.05) is 12.4 Å². The average molecular weight is 314 g/mol. The summed E-state index contributed by atoms with van der Waals surface area (Å²) in [6, 6.07) is 9.24. The largest absolute Gasteiger partial charge is 0.458 e. The third kappa shape index (κ3) is 1.92. The van der Waals surface area contributed by atoms with Crippen molar-refractivity contribution in [3.05, 3.63) is 41.1 Å². The summed E-state index contributed by atoms with van der Waals surface area (Å²) in [6.45, 7) is 1.88. The van der Waals surface area contributed by atoms with Crippen LogP contribution in [0, 0.1) is 6.92 Å². The van der Waals surface area contributed by atoms with Gasteiger partial charge in [-0.25, -0.2) is 9.97 Å². The second kappa shape index (κ2) is 4.71.